The summed E-state index contributed by atoms with van der Waals surface area (Å²) < 4.78 is 0. The standard InChI is InChI=1S/C11H16N4O/c1-8(12-3)4-5-11(16)15-10-7-13-9(2)6-14-10/h6-7,12H,1,4-5H2,2-3H3,(H,14,15,16). The van der Waals surface area contributed by atoms with Crippen molar-refractivity contribution in [3.8, 4) is 0 Å². The van der Waals surface area contributed by atoms with E-state index in [4.69, 9.17) is 0 Å². The number of carbonyl (C=O) groups excluding carboxylic acids is 1. The lowest BCUT2D eigenvalue weighted by Crippen LogP contribution is -2.14. The summed E-state index contributed by atoms with van der Waals surface area (Å²) in [4.78, 5) is 19.5. The summed E-state index contributed by atoms with van der Waals surface area (Å²) in [5, 5.41) is 5.56. The number of nitrogens with one attached hydrogen (secondary N) is 2. The van der Waals surface area contributed by atoms with Crippen LogP contribution in [0.5, 0.6) is 0 Å². The number of hydrogen-bond donors (Lipinski definition) is 2. The molecule has 0 saturated heterocycles. The molecule has 0 aliphatic carbocycles. The van der Waals surface area contributed by atoms with Gasteiger partial charge in [0.15, 0.2) is 5.82 Å². The van der Waals surface area contributed by atoms with E-state index in [1.807, 2.05) is 6.92 Å². The third kappa shape index (κ3) is 4.08. The number of allylic oxidation sites excluding steroid dienone is 1. The molecule has 5 nitrogen and oxygen atoms in total. The Labute approximate surface area is 95.0 Å². The lowest BCUT2D eigenvalue weighted by atomic mass is 10.2. The summed E-state index contributed by atoms with van der Waals surface area (Å²) in [5.74, 6) is 0.389. The van der Waals surface area contributed by atoms with Crippen LogP contribution in [0, 0.1) is 6.92 Å². The predicted octanol–water partition coefficient (Wildman–Crippen LogP) is 1.24. The molecule has 0 unspecified atom stereocenters. The average Bonchev–Trinajstić information content (AvgIpc) is 2.29. The minimum Gasteiger partial charge on any atom is -0.392 e. The van der Waals surface area contributed by atoms with E-state index in [0.29, 0.717) is 18.7 Å². The zero-order chi connectivity index (χ0) is 12.0. The smallest absolute Gasteiger partial charge is 0.225 e. The van der Waals surface area contributed by atoms with Gasteiger partial charge in [0.25, 0.3) is 0 Å². The van der Waals surface area contributed by atoms with E-state index >= 15 is 0 Å². The number of carbonyl (C=O) groups is 1. The van der Waals surface area contributed by atoms with Crippen molar-refractivity contribution < 1.29 is 4.79 Å². The number of nitrogens with zero attached hydrogens (tertiary/aromatic N) is 2. The second-order valence-electron chi connectivity index (χ2n) is 3.44. The monoisotopic (exact) mass is 220 g/mol. The van der Waals surface area contributed by atoms with Crippen LogP contribution in [0.3, 0.4) is 0 Å². The van der Waals surface area contributed by atoms with Crippen LogP contribution in [0.1, 0.15) is 18.5 Å². The Kier molecular flexibility index (Phi) is 4.44. The molecule has 5 heteroatoms. The third-order valence-electron chi connectivity index (χ3n) is 2.06. The molecule has 0 spiro atoms. The first-order valence-corrected chi connectivity index (χ1v) is 5.06. The Morgan fingerprint density at radius 2 is 2.12 bits per heavy atom. The van der Waals surface area contributed by atoms with E-state index in [0.717, 1.165) is 11.4 Å². The van der Waals surface area contributed by atoms with Crippen molar-refractivity contribution >= 4 is 11.7 Å². The van der Waals surface area contributed by atoms with Gasteiger partial charge in [-0.05, 0) is 13.3 Å². The van der Waals surface area contributed by atoms with Gasteiger partial charge in [-0.25, -0.2) is 4.98 Å². The molecular formula is C11H16N4O. The van der Waals surface area contributed by atoms with Gasteiger partial charge < -0.3 is 10.6 Å². The van der Waals surface area contributed by atoms with Crippen LogP contribution < -0.4 is 10.6 Å². The molecule has 0 radical (unpaired) electrons. The Morgan fingerprint density at radius 1 is 1.38 bits per heavy atom. The van der Waals surface area contributed by atoms with Crippen LogP contribution >= 0.6 is 0 Å². The Bertz CT molecular complexity index is 372. The first-order chi connectivity index (χ1) is 7.61. The second-order valence-corrected chi connectivity index (χ2v) is 3.44. The van der Waals surface area contributed by atoms with Gasteiger partial charge in [0, 0.05) is 19.2 Å². The highest BCUT2D eigenvalue weighted by Crippen LogP contribution is 2.03. The molecule has 1 rings (SSSR count). The lowest BCUT2D eigenvalue weighted by Gasteiger charge is -2.05. The first kappa shape index (κ1) is 12.2. The molecule has 86 valence electrons. The van der Waals surface area contributed by atoms with Gasteiger partial charge in [0.1, 0.15) is 0 Å². The topological polar surface area (TPSA) is 66.9 Å². The third-order valence-corrected chi connectivity index (χ3v) is 2.06. The maximum Gasteiger partial charge on any atom is 0.225 e. The molecule has 1 amide bonds. The van der Waals surface area contributed by atoms with Gasteiger partial charge in [-0.15, -0.1) is 0 Å². The summed E-state index contributed by atoms with van der Waals surface area (Å²) in [6.45, 7) is 5.59. The average molecular weight is 220 g/mol. The van der Waals surface area contributed by atoms with Gasteiger partial charge in [0.2, 0.25) is 5.91 Å². The number of amides is 1. The molecule has 0 fully saturated rings. The molecular weight excluding hydrogens is 204 g/mol. The minimum atomic E-state index is -0.0884. The summed E-state index contributed by atoms with van der Waals surface area (Å²) in [6, 6.07) is 0. The highest BCUT2D eigenvalue weighted by Gasteiger charge is 2.03. The lowest BCUT2D eigenvalue weighted by molar-refractivity contribution is -0.116. The zero-order valence-corrected chi connectivity index (χ0v) is 9.58. The zero-order valence-electron chi connectivity index (χ0n) is 9.58. The van der Waals surface area contributed by atoms with E-state index in [1.165, 1.54) is 0 Å². The van der Waals surface area contributed by atoms with Gasteiger partial charge in [-0.2, -0.15) is 0 Å². The molecule has 0 saturated carbocycles. The maximum absolute atomic E-state index is 11.5. The van der Waals surface area contributed by atoms with Gasteiger partial charge in [0.05, 0.1) is 18.1 Å². The van der Waals surface area contributed by atoms with Crippen LogP contribution in [-0.2, 0) is 4.79 Å². The van der Waals surface area contributed by atoms with E-state index in [1.54, 1.807) is 19.4 Å². The molecule has 1 aromatic heterocycles. The summed E-state index contributed by atoms with van der Waals surface area (Å²) >= 11 is 0. The van der Waals surface area contributed by atoms with E-state index in [2.05, 4.69) is 27.2 Å². The van der Waals surface area contributed by atoms with Crippen LogP contribution in [0.2, 0.25) is 0 Å². The molecule has 1 heterocycles. The molecule has 2 N–H and O–H groups in total. The van der Waals surface area contributed by atoms with Gasteiger partial charge >= 0.3 is 0 Å². The molecule has 0 aromatic carbocycles. The summed E-state index contributed by atoms with van der Waals surface area (Å²) in [5.41, 5.74) is 1.66. The molecule has 16 heavy (non-hydrogen) atoms. The van der Waals surface area contributed by atoms with Crippen molar-refractivity contribution in [3.63, 3.8) is 0 Å². The van der Waals surface area contributed by atoms with Crippen molar-refractivity contribution in [3.05, 3.63) is 30.4 Å². The van der Waals surface area contributed by atoms with Crippen molar-refractivity contribution in [1.82, 2.24) is 15.3 Å². The predicted molar refractivity (Wildman–Crippen MR) is 62.8 cm³/mol. The number of rotatable bonds is 5. The number of hydrogen-bond acceptors (Lipinski definition) is 4. The van der Waals surface area contributed by atoms with Crippen LogP contribution in [0.4, 0.5) is 5.82 Å². The molecule has 0 aliphatic rings. The summed E-state index contributed by atoms with van der Waals surface area (Å²) in [7, 11) is 1.78. The normalized spacial score (nSPS) is 9.62. The number of aryl methyl sites for hydroxylation is 1. The molecule has 0 bridgehead atoms. The fourth-order valence-corrected chi connectivity index (χ4v) is 1.05. The van der Waals surface area contributed by atoms with Crippen LogP contribution in [0.15, 0.2) is 24.7 Å². The van der Waals surface area contributed by atoms with Gasteiger partial charge in [-0.3, -0.25) is 9.78 Å². The fraction of sp³-hybridized carbons (Fsp3) is 0.364. The van der Waals surface area contributed by atoms with Crippen LogP contribution in [-0.4, -0.2) is 22.9 Å². The quantitative estimate of drug-likeness (QED) is 0.783. The van der Waals surface area contributed by atoms with Crippen molar-refractivity contribution in [2.24, 2.45) is 0 Å². The van der Waals surface area contributed by atoms with Crippen molar-refractivity contribution in [2.75, 3.05) is 12.4 Å². The van der Waals surface area contributed by atoms with E-state index < -0.39 is 0 Å². The maximum atomic E-state index is 11.5. The molecule has 0 atom stereocenters. The first-order valence-electron chi connectivity index (χ1n) is 5.06. The molecule has 1 aromatic rings. The second kappa shape index (κ2) is 5.85. The minimum absolute atomic E-state index is 0.0884. The Hall–Kier alpha value is -1.91. The Balaban J connectivity index is 2.40. The van der Waals surface area contributed by atoms with Gasteiger partial charge in [-0.1, -0.05) is 6.58 Å². The number of anilines is 1. The largest absolute Gasteiger partial charge is 0.392 e. The van der Waals surface area contributed by atoms with Crippen LogP contribution in [0.25, 0.3) is 0 Å². The highest BCUT2D eigenvalue weighted by molar-refractivity contribution is 5.89. The van der Waals surface area contributed by atoms with Crippen molar-refractivity contribution in [1.29, 1.82) is 0 Å². The van der Waals surface area contributed by atoms with E-state index in [9.17, 15) is 4.79 Å². The SMILES string of the molecule is C=C(CCC(=O)Nc1cnc(C)cn1)NC. The Morgan fingerprint density at radius 3 is 2.69 bits per heavy atom. The van der Waals surface area contributed by atoms with E-state index in [-0.39, 0.29) is 5.91 Å². The fourth-order valence-electron chi connectivity index (χ4n) is 1.05. The number of aromatic nitrogens is 2. The summed E-state index contributed by atoms with van der Waals surface area (Å²) in [6.07, 6.45) is 4.15. The van der Waals surface area contributed by atoms with Crippen molar-refractivity contribution in [2.45, 2.75) is 19.8 Å². The highest BCUT2D eigenvalue weighted by atomic mass is 16.1. The molecule has 0 aliphatic heterocycles.